The van der Waals surface area contributed by atoms with Crippen LogP contribution in [0.4, 0.5) is 11.9 Å². The highest BCUT2D eigenvalue weighted by atomic mass is 32.1. The van der Waals surface area contributed by atoms with Crippen molar-refractivity contribution in [2.75, 3.05) is 37.0 Å². The van der Waals surface area contributed by atoms with E-state index < -0.39 is 0 Å². The fourth-order valence-electron chi connectivity index (χ4n) is 2.53. The van der Waals surface area contributed by atoms with Crippen molar-refractivity contribution < 1.29 is 4.79 Å². The fourth-order valence-corrected chi connectivity index (χ4v) is 3.34. The number of nitrogens with zero attached hydrogens (tertiary/aromatic N) is 5. The summed E-state index contributed by atoms with van der Waals surface area (Å²) in [5, 5.41) is 4.86. The van der Waals surface area contributed by atoms with E-state index in [1.54, 1.807) is 0 Å². The Labute approximate surface area is 145 Å². The fraction of sp³-hybridized carbons (Fsp3) is 0.500. The van der Waals surface area contributed by atoms with Crippen molar-refractivity contribution >= 4 is 29.1 Å². The van der Waals surface area contributed by atoms with E-state index in [0.29, 0.717) is 29.1 Å². The third-order valence-corrected chi connectivity index (χ3v) is 4.86. The molecule has 0 bridgehead atoms. The van der Waals surface area contributed by atoms with Gasteiger partial charge in [-0.25, -0.2) is 0 Å². The Morgan fingerprint density at radius 2 is 2.04 bits per heavy atom. The topological polar surface area (TPSA) is 74.2 Å². The molecule has 3 heterocycles. The number of rotatable bonds is 5. The molecule has 1 amide bonds. The number of carbonyl (C=O) groups excluding carboxylic acids is 1. The molecule has 7 nitrogen and oxygen atoms in total. The zero-order chi connectivity index (χ0) is 17.1. The Kier molecular flexibility index (Phi) is 4.94. The first-order chi connectivity index (χ1) is 11.5. The SMILES string of the molecule is Cc1csc(C(=O)NCc2nc(N(C)C)nc(N3CCCC3)n2)c1. The number of thiophene rings is 1. The molecule has 0 aliphatic carbocycles. The molecule has 1 fully saturated rings. The lowest BCUT2D eigenvalue weighted by Crippen LogP contribution is -2.27. The van der Waals surface area contributed by atoms with Crippen molar-refractivity contribution in [3.8, 4) is 0 Å². The molecule has 1 aliphatic rings. The standard InChI is InChI=1S/C16H22N6OS/c1-11-8-12(24-10-11)14(23)17-9-13-18-15(21(2)3)20-16(19-13)22-6-4-5-7-22/h8,10H,4-7,9H2,1-3H3,(H,17,23). The molecule has 0 aromatic carbocycles. The largest absolute Gasteiger partial charge is 0.347 e. The second-order valence-corrected chi connectivity index (χ2v) is 7.02. The number of aromatic nitrogens is 3. The summed E-state index contributed by atoms with van der Waals surface area (Å²) in [6, 6.07) is 1.88. The lowest BCUT2D eigenvalue weighted by atomic mass is 10.3. The van der Waals surface area contributed by atoms with E-state index in [9.17, 15) is 4.79 Å². The van der Waals surface area contributed by atoms with E-state index in [2.05, 4.69) is 25.2 Å². The van der Waals surface area contributed by atoms with Crippen molar-refractivity contribution in [3.05, 3.63) is 27.7 Å². The molecule has 1 aliphatic heterocycles. The summed E-state index contributed by atoms with van der Waals surface area (Å²) in [5.41, 5.74) is 1.09. The van der Waals surface area contributed by atoms with Crippen LogP contribution in [0.5, 0.6) is 0 Å². The molecule has 3 rings (SSSR count). The van der Waals surface area contributed by atoms with Crippen molar-refractivity contribution in [1.82, 2.24) is 20.3 Å². The van der Waals surface area contributed by atoms with Crippen molar-refractivity contribution in [3.63, 3.8) is 0 Å². The molecule has 0 radical (unpaired) electrons. The van der Waals surface area contributed by atoms with Crippen LogP contribution in [0.25, 0.3) is 0 Å². The molecule has 0 atom stereocenters. The van der Waals surface area contributed by atoms with Gasteiger partial charge in [0.2, 0.25) is 11.9 Å². The highest BCUT2D eigenvalue weighted by Gasteiger charge is 2.18. The zero-order valence-corrected chi connectivity index (χ0v) is 15.1. The quantitative estimate of drug-likeness (QED) is 0.890. The molecule has 0 unspecified atom stereocenters. The van der Waals surface area contributed by atoms with Gasteiger partial charge in [-0.3, -0.25) is 4.79 Å². The van der Waals surface area contributed by atoms with Gasteiger partial charge in [0.05, 0.1) is 11.4 Å². The average molecular weight is 346 g/mol. The van der Waals surface area contributed by atoms with Crippen molar-refractivity contribution in [2.45, 2.75) is 26.3 Å². The molecule has 0 saturated carbocycles. The smallest absolute Gasteiger partial charge is 0.261 e. The Balaban J connectivity index is 1.75. The molecule has 24 heavy (non-hydrogen) atoms. The van der Waals surface area contributed by atoms with Crippen LogP contribution in [0.3, 0.4) is 0 Å². The zero-order valence-electron chi connectivity index (χ0n) is 14.2. The molecular formula is C16H22N6OS. The van der Waals surface area contributed by atoms with Gasteiger partial charge in [-0.05, 0) is 36.8 Å². The summed E-state index contributed by atoms with van der Waals surface area (Å²) < 4.78 is 0. The number of hydrogen-bond donors (Lipinski definition) is 1. The maximum atomic E-state index is 12.2. The van der Waals surface area contributed by atoms with Gasteiger partial charge in [-0.15, -0.1) is 11.3 Å². The predicted octanol–water partition coefficient (Wildman–Crippen LogP) is 1.84. The minimum Gasteiger partial charge on any atom is -0.347 e. The van der Waals surface area contributed by atoms with Crippen LogP contribution in [-0.2, 0) is 6.54 Å². The van der Waals surface area contributed by atoms with Crippen LogP contribution in [0.1, 0.15) is 33.9 Å². The van der Waals surface area contributed by atoms with Crippen LogP contribution >= 0.6 is 11.3 Å². The first-order valence-corrected chi connectivity index (χ1v) is 8.91. The number of nitrogens with one attached hydrogen (secondary N) is 1. The number of amides is 1. The molecule has 8 heteroatoms. The Morgan fingerprint density at radius 3 is 2.67 bits per heavy atom. The number of hydrogen-bond acceptors (Lipinski definition) is 7. The molecule has 0 spiro atoms. The van der Waals surface area contributed by atoms with Gasteiger partial charge < -0.3 is 15.1 Å². The molecule has 128 valence electrons. The summed E-state index contributed by atoms with van der Waals surface area (Å²) in [7, 11) is 3.81. The highest BCUT2D eigenvalue weighted by Crippen LogP contribution is 2.18. The lowest BCUT2D eigenvalue weighted by molar-refractivity contribution is 0.0954. The van der Waals surface area contributed by atoms with Gasteiger partial charge in [0.1, 0.15) is 0 Å². The van der Waals surface area contributed by atoms with Gasteiger partial charge >= 0.3 is 0 Å². The first-order valence-electron chi connectivity index (χ1n) is 8.03. The van der Waals surface area contributed by atoms with Gasteiger partial charge in [-0.2, -0.15) is 15.0 Å². The summed E-state index contributed by atoms with van der Waals surface area (Å²) in [4.78, 5) is 30.4. The normalized spacial score (nSPS) is 14.0. The molecule has 2 aromatic rings. The number of carbonyl (C=O) groups is 1. The number of anilines is 2. The monoisotopic (exact) mass is 346 g/mol. The summed E-state index contributed by atoms with van der Waals surface area (Å²) in [6.45, 7) is 4.21. The van der Waals surface area contributed by atoms with Crippen LogP contribution < -0.4 is 15.1 Å². The molecule has 1 N–H and O–H groups in total. The highest BCUT2D eigenvalue weighted by molar-refractivity contribution is 7.12. The Hall–Kier alpha value is -2.22. The third-order valence-electron chi connectivity index (χ3n) is 3.81. The average Bonchev–Trinajstić information content (AvgIpc) is 3.23. The second kappa shape index (κ2) is 7.12. The van der Waals surface area contributed by atoms with Gasteiger partial charge in [-0.1, -0.05) is 0 Å². The molecule has 1 saturated heterocycles. The van der Waals surface area contributed by atoms with Crippen molar-refractivity contribution in [2.24, 2.45) is 0 Å². The predicted molar refractivity (Wildman–Crippen MR) is 95.8 cm³/mol. The van der Waals surface area contributed by atoms with E-state index in [1.165, 1.54) is 11.3 Å². The maximum Gasteiger partial charge on any atom is 0.261 e. The lowest BCUT2D eigenvalue weighted by Gasteiger charge is -2.18. The van der Waals surface area contributed by atoms with Gasteiger partial charge in [0.25, 0.3) is 5.91 Å². The Morgan fingerprint density at radius 1 is 1.29 bits per heavy atom. The maximum absolute atomic E-state index is 12.2. The van der Waals surface area contributed by atoms with Crippen LogP contribution in [0.15, 0.2) is 11.4 Å². The Bertz CT molecular complexity index is 723. The van der Waals surface area contributed by atoms with E-state index in [0.717, 1.165) is 31.5 Å². The molecular weight excluding hydrogens is 324 g/mol. The van der Waals surface area contributed by atoms with Crippen LogP contribution in [-0.4, -0.2) is 48.0 Å². The minimum absolute atomic E-state index is 0.0948. The second-order valence-electron chi connectivity index (χ2n) is 6.11. The summed E-state index contributed by atoms with van der Waals surface area (Å²) >= 11 is 1.44. The van der Waals surface area contributed by atoms with E-state index in [1.807, 2.05) is 37.4 Å². The first kappa shape index (κ1) is 16.6. The van der Waals surface area contributed by atoms with Crippen LogP contribution in [0, 0.1) is 6.92 Å². The van der Waals surface area contributed by atoms with Crippen molar-refractivity contribution in [1.29, 1.82) is 0 Å². The molecule has 2 aromatic heterocycles. The van der Waals surface area contributed by atoms with Gasteiger partial charge in [0.15, 0.2) is 5.82 Å². The number of aryl methyl sites for hydroxylation is 1. The minimum atomic E-state index is -0.0948. The van der Waals surface area contributed by atoms with Crippen LogP contribution in [0.2, 0.25) is 0 Å². The van der Waals surface area contributed by atoms with E-state index in [-0.39, 0.29) is 5.91 Å². The summed E-state index contributed by atoms with van der Waals surface area (Å²) in [5.74, 6) is 1.80. The van der Waals surface area contributed by atoms with E-state index in [4.69, 9.17) is 0 Å². The third kappa shape index (κ3) is 3.81. The van der Waals surface area contributed by atoms with Gasteiger partial charge in [0, 0.05) is 27.2 Å². The van der Waals surface area contributed by atoms with E-state index >= 15 is 0 Å². The summed E-state index contributed by atoms with van der Waals surface area (Å²) in [6.07, 6.45) is 2.32.